The molecule has 5 aliphatic rings. The Morgan fingerprint density at radius 3 is 2.74 bits per heavy atom. The van der Waals surface area contributed by atoms with Crippen molar-refractivity contribution in [1.29, 1.82) is 0 Å². The summed E-state index contributed by atoms with van der Waals surface area (Å²) < 4.78 is 11.2. The Balaban J connectivity index is 1.33. The van der Waals surface area contributed by atoms with Gasteiger partial charge < -0.3 is 9.47 Å². The zero-order valence-corrected chi connectivity index (χ0v) is 11.0. The maximum absolute atomic E-state index is 11.2. The molecule has 1 heterocycles. The lowest BCUT2D eigenvalue weighted by Gasteiger charge is -2.36. The van der Waals surface area contributed by atoms with Gasteiger partial charge in [0.2, 0.25) is 0 Å². The number of epoxide rings is 1. The van der Waals surface area contributed by atoms with Gasteiger partial charge in [0.15, 0.2) is 0 Å². The summed E-state index contributed by atoms with van der Waals surface area (Å²) in [6.07, 6.45) is 6.62. The van der Waals surface area contributed by atoms with E-state index in [1.807, 2.05) is 0 Å². The summed E-state index contributed by atoms with van der Waals surface area (Å²) in [7, 11) is 0. The van der Waals surface area contributed by atoms with Crippen molar-refractivity contribution >= 4 is 5.97 Å². The third-order valence-corrected chi connectivity index (χ3v) is 6.81. The van der Waals surface area contributed by atoms with Gasteiger partial charge in [0, 0.05) is 6.08 Å². The van der Waals surface area contributed by atoms with Crippen LogP contribution in [0, 0.1) is 41.4 Å². The molecule has 1 saturated heterocycles. The predicted molar refractivity (Wildman–Crippen MR) is 68.1 cm³/mol. The van der Waals surface area contributed by atoms with E-state index in [9.17, 15) is 4.79 Å². The highest BCUT2D eigenvalue weighted by atomic mass is 16.6. The van der Waals surface area contributed by atoms with Gasteiger partial charge in [0.1, 0.15) is 0 Å². The highest BCUT2D eigenvalue weighted by Crippen LogP contribution is 2.72. The number of esters is 1. The van der Waals surface area contributed by atoms with Crippen LogP contribution in [0.1, 0.15) is 19.3 Å². The lowest BCUT2D eigenvalue weighted by molar-refractivity contribution is -0.140. The first-order valence-corrected chi connectivity index (χ1v) is 7.72. The summed E-state index contributed by atoms with van der Waals surface area (Å²) >= 11 is 0. The van der Waals surface area contributed by atoms with Crippen LogP contribution in [-0.2, 0) is 14.3 Å². The summed E-state index contributed by atoms with van der Waals surface area (Å²) in [5.74, 6) is 5.59. The average molecular weight is 260 g/mol. The van der Waals surface area contributed by atoms with Crippen LogP contribution in [0.2, 0.25) is 0 Å². The Labute approximate surface area is 113 Å². The number of fused-ring (bicyclic) bond motifs is 12. The molecule has 0 radical (unpaired) electrons. The summed E-state index contributed by atoms with van der Waals surface area (Å²) in [6.45, 7) is 4.08. The number of rotatable bonds is 3. The molecule has 4 saturated carbocycles. The number of hydrogen-bond acceptors (Lipinski definition) is 3. The van der Waals surface area contributed by atoms with Crippen LogP contribution < -0.4 is 0 Å². The summed E-state index contributed by atoms with van der Waals surface area (Å²) in [6, 6.07) is 0. The van der Waals surface area contributed by atoms with Crippen LogP contribution in [0.25, 0.3) is 0 Å². The molecule has 0 aromatic carbocycles. The zero-order chi connectivity index (χ0) is 12.7. The van der Waals surface area contributed by atoms with Crippen molar-refractivity contribution in [2.75, 3.05) is 6.61 Å². The number of carbonyl (C=O) groups is 1. The van der Waals surface area contributed by atoms with E-state index in [-0.39, 0.29) is 5.97 Å². The van der Waals surface area contributed by atoms with Crippen LogP contribution >= 0.6 is 0 Å². The molecular weight excluding hydrogens is 240 g/mol. The van der Waals surface area contributed by atoms with Crippen molar-refractivity contribution in [3.63, 3.8) is 0 Å². The third kappa shape index (κ3) is 1.25. The van der Waals surface area contributed by atoms with Crippen molar-refractivity contribution in [3.8, 4) is 0 Å². The quantitative estimate of drug-likeness (QED) is 0.337. The molecule has 9 atom stereocenters. The summed E-state index contributed by atoms with van der Waals surface area (Å²) in [5, 5.41) is 0. The summed E-state index contributed by atoms with van der Waals surface area (Å²) in [4.78, 5) is 11.2. The number of ether oxygens (including phenoxy) is 2. The minimum Gasteiger partial charge on any atom is -0.462 e. The van der Waals surface area contributed by atoms with E-state index < -0.39 is 0 Å². The van der Waals surface area contributed by atoms with E-state index in [0.29, 0.717) is 24.7 Å². The minimum atomic E-state index is -0.266. The number of carbonyl (C=O) groups excluding carboxylic acids is 1. The van der Waals surface area contributed by atoms with Crippen molar-refractivity contribution in [3.05, 3.63) is 12.7 Å². The first-order valence-electron chi connectivity index (χ1n) is 7.72. The molecule has 5 fully saturated rings. The van der Waals surface area contributed by atoms with E-state index >= 15 is 0 Å². The van der Waals surface area contributed by atoms with Gasteiger partial charge in [0.05, 0.1) is 18.8 Å². The van der Waals surface area contributed by atoms with Gasteiger partial charge in [-0.2, -0.15) is 0 Å². The SMILES string of the molecule is C=CC(=O)OCC1CC2CC1C1C3CC(C4OC34)C21. The van der Waals surface area contributed by atoms with E-state index in [4.69, 9.17) is 9.47 Å². The molecular formula is C16H20O3. The smallest absolute Gasteiger partial charge is 0.330 e. The monoisotopic (exact) mass is 260 g/mol. The van der Waals surface area contributed by atoms with E-state index in [1.54, 1.807) is 0 Å². The molecule has 0 aromatic rings. The highest BCUT2D eigenvalue weighted by Gasteiger charge is 2.73. The molecule has 0 spiro atoms. The van der Waals surface area contributed by atoms with Crippen LogP contribution in [-0.4, -0.2) is 24.8 Å². The van der Waals surface area contributed by atoms with Crippen LogP contribution in [0.5, 0.6) is 0 Å². The second kappa shape index (κ2) is 3.43. The highest BCUT2D eigenvalue weighted by molar-refractivity contribution is 5.81. The van der Waals surface area contributed by atoms with Crippen molar-refractivity contribution in [1.82, 2.24) is 0 Å². The fraction of sp³-hybridized carbons (Fsp3) is 0.812. The molecule has 5 rings (SSSR count). The van der Waals surface area contributed by atoms with E-state index in [2.05, 4.69) is 6.58 Å². The standard InChI is InChI=1S/C16H20O3/c1-2-12(17)18-6-8-3-7-4-9(8)14-11-5-10(13(7)14)15-16(11)19-15/h2,7-11,13-16H,1,3-6H2. The Bertz CT molecular complexity index is 459. The molecule has 19 heavy (non-hydrogen) atoms. The molecule has 0 amide bonds. The van der Waals surface area contributed by atoms with Crippen LogP contribution in [0.3, 0.4) is 0 Å². The second-order valence-corrected chi connectivity index (χ2v) is 7.27. The van der Waals surface area contributed by atoms with Gasteiger partial charge in [-0.3, -0.25) is 0 Å². The molecule has 3 heteroatoms. The van der Waals surface area contributed by atoms with Gasteiger partial charge in [-0.15, -0.1) is 0 Å². The second-order valence-electron chi connectivity index (χ2n) is 7.27. The molecule has 0 N–H and O–H groups in total. The van der Waals surface area contributed by atoms with E-state index in [0.717, 1.165) is 35.5 Å². The summed E-state index contributed by atoms with van der Waals surface area (Å²) in [5.41, 5.74) is 0. The first kappa shape index (κ1) is 10.9. The molecule has 4 bridgehead atoms. The number of hydrogen-bond donors (Lipinski definition) is 0. The van der Waals surface area contributed by atoms with Crippen molar-refractivity contribution in [2.45, 2.75) is 31.5 Å². The van der Waals surface area contributed by atoms with Crippen molar-refractivity contribution in [2.24, 2.45) is 41.4 Å². The average Bonchev–Trinajstić information content (AvgIpc) is 2.81. The Hall–Kier alpha value is -0.830. The lowest BCUT2D eigenvalue weighted by atomic mass is 9.68. The molecule has 9 unspecified atom stereocenters. The minimum absolute atomic E-state index is 0.266. The van der Waals surface area contributed by atoms with Gasteiger partial charge >= 0.3 is 5.97 Å². The molecule has 4 aliphatic carbocycles. The zero-order valence-electron chi connectivity index (χ0n) is 11.0. The largest absolute Gasteiger partial charge is 0.462 e. The molecule has 3 nitrogen and oxygen atoms in total. The van der Waals surface area contributed by atoms with Gasteiger partial charge in [-0.25, -0.2) is 4.79 Å². The Kier molecular flexibility index (Phi) is 1.97. The Morgan fingerprint density at radius 2 is 1.95 bits per heavy atom. The van der Waals surface area contributed by atoms with Gasteiger partial charge in [-0.05, 0) is 60.7 Å². The topological polar surface area (TPSA) is 38.8 Å². The third-order valence-electron chi connectivity index (χ3n) is 6.81. The maximum Gasteiger partial charge on any atom is 0.330 e. The maximum atomic E-state index is 11.2. The normalized spacial score (nSPS) is 58.8. The molecule has 0 aromatic heterocycles. The molecule has 1 aliphatic heterocycles. The molecule has 102 valence electrons. The lowest BCUT2D eigenvalue weighted by Crippen LogP contribution is -2.37. The first-order chi connectivity index (χ1) is 9.28. The van der Waals surface area contributed by atoms with Crippen LogP contribution in [0.15, 0.2) is 12.7 Å². The fourth-order valence-corrected chi connectivity index (χ4v) is 6.43. The fourth-order valence-electron chi connectivity index (χ4n) is 6.43. The predicted octanol–water partition coefficient (Wildman–Crippen LogP) is 2.02. The van der Waals surface area contributed by atoms with E-state index in [1.165, 1.54) is 25.3 Å². The van der Waals surface area contributed by atoms with Gasteiger partial charge in [0.25, 0.3) is 0 Å². The van der Waals surface area contributed by atoms with Crippen LogP contribution in [0.4, 0.5) is 0 Å². The van der Waals surface area contributed by atoms with Crippen molar-refractivity contribution < 1.29 is 14.3 Å². The Morgan fingerprint density at radius 1 is 1.16 bits per heavy atom. The van der Waals surface area contributed by atoms with Gasteiger partial charge in [-0.1, -0.05) is 6.58 Å².